The summed E-state index contributed by atoms with van der Waals surface area (Å²) in [6, 6.07) is 11.7. The average Bonchev–Trinajstić information content (AvgIpc) is 2.95. The number of fused-ring (bicyclic) bond motifs is 3. The molecular formula is C20H19FN4O. The molecule has 0 aliphatic rings. The van der Waals surface area contributed by atoms with Crippen LogP contribution in [-0.2, 0) is 7.05 Å². The third-order valence-electron chi connectivity index (χ3n) is 4.44. The predicted molar refractivity (Wildman–Crippen MR) is 102 cm³/mol. The Balaban J connectivity index is 1.69. The zero-order valence-electron chi connectivity index (χ0n) is 14.7. The molecule has 0 saturated heterocycles. The number of pyridine rings is 2. The minimum absolute atomic E-state index is 0.0540. The fraction of sp³-hybridized carbons (Fsp3) is 0.200. The largest absolute Gasteiger partial charge is 0.491 e. The first-order valence-electron chi connectivity index (χ1n) is 8.43. The van der Waals surface area contributed by atoms with Gasteiger partial charge in [0.05, 0.1) is 5.52 Å². The summed E-state index contributed by atoms with van der Waals surface area (Å²) in [4.78, 5) is 8.96. The quantitative estimate of drug-likeness (QED) is 0.575. The number of rotatable bonds is 5. The summed E-state index contributed by atoms with van der Waals surface area (Å²) in [6.07, 6.45) is 3.65. The molecule has 0 fully saturated rings. The number of nitrogens with zero attached hydrogens (tertiary/aromatic N) is 3. The van der Waals surface area contributed by atoms with Gasteiger partial charge in [-0.15, -0.1) is 0 Å². The maximum absolute atomic E-state index is 12.4. The Kier molecular flexibility index (Phi) is 4.16. The maximum atomic E-state index is 12.4. The summed E-state index contributed by atoms with van der Waals surface area (Å²) in [5.41, 5.74) is 3.79. The van der Waals surface area contributed by atoms with Crippen molar-refractivity contribution in [2.24, 2.45) is 7.05 Å². The van der Waals surface area contributed by atoms with Gasteiger partial charge in [0, 0.05) is 42.0 Å². The molecule has 0 aliphatic carbocycles. The van der Waals surface area contributed by atoms with E-state index in [1.165, 1.54) is 0 Å². The maximum Gasteiger partial charge on any atom is 0.143 e. The van der Waals surface area contributed by atoms with E-state index in [9.17, 15) is 4.39 Å². The molecule has 26 heavy (non-hydrogen) atoms. The molecule has 0 bridgehead atoms. The molecule has 0 atom stereocenters. The summed E-state index contributed by atoms with van der Waals surface area (Å²) in [5, 5.41) is 5.45. The highest BCUT2D eigenvalue weighted by Crippen LogP contribution is 2.29. The van der Waals surface area contributed by atoms with Crippen LogP contribution in [0.25, 0.3) is 21.9 Å². The van der Waals surface area contributed by atoms with Crippen LogP contribution in [0.1, 0.15) is 5.56 Å². The van der Waals surface area contributed by atoms with Gasteiger partial charge in [0.2, 0.25) is 0 Å². The van der Waals surface area contributed by atoms with Crippen molar-refractivity contribution in [3.05, 3.63) is 54.4 Å². The summed E-state index contributed by atoms with van der Waals surface area (Å²) >= 11 is 0. The second kappa shape index (κ2) is 6.63. The van der Waals surface area contributed by atoms with Crippen LogP contribution >= 0.6 is 0 Å². The smallest absolute Gasteiger partial charge is 0.143 e. The van der Waals surface area contributed by atoms with Gasteiger partial charge >= 0.3 is 0 Å². The molecule has 4 aromatic rings. The van der Waals surface area contributed by atoms with Crippen LogP contribution in [0.3, 0.4) is 0 Å². The molecule has 0 radical (unpaired) electrons. The molecule has 0 aliphatic heterocycles. The SMILES string of the molecule is Cc1ccc(Nc2ccc3c4cnccc4n(C)c3n2)cc1OCCF. The lowest BCUT2D eigenvalue weighted by molar-refractivity contribution is 0.272. The van der Waals surface area contributed by atoms with Gasteiger partial charge in [-0.25, -0.2) is 9.37 Å². The minimum atomic E-state index is -0.509. The van der Waals surface area contributed by atoms with Crippen LogP contribution < -0.4 is 10.1 Å². The molecule has 0 saturated carbocycles. The van der Waals surface area contributed by atoms with Gasteiger partial charge in [-0.3, -0.25) is 4.98 Å². The van der Waals surface area contributed by atoms with Gasteiger partial charge in [-0.2, -0.15) is 0 Å². The molecular weight excluding hydrogens is 331 g/mol. The first kappa shape index (κ1) is 16.3. The zero-order valence-corrected chi connectivity index (χ0v) is 14.7. The molecule has 6 heteroatoms. The lowest BCUT2D eigenvalue weighted by Gasteiger charge is -2.11. The van der Waals surface area contributed by atoms with Gasteiger partial charge < -0.3 is 14.6 Å². The Labute approximate surface area is 150 Å². The Hall–Kier alpha value is -3.15. The number of nitrogens with one attached hydrogen (secondary N) is 1. The van der Waals surface area contributed by atoms with Crippen LogP contribution in [0, 0.1) is 6.92 Å². The van der Waals surface area contributed by atoms with E-state index >= 15 is 0 Å². The van der Waals surface area contributed by atoms with Gasteiger partial charge in [-0.1, -0.05) is 6.07 Å². The molecule has 1 N–H and O–H groups in total. The summed E-state index contributed by atoms with van der Waals surface area (Å²) in [7, 11) is 2.00. The molecule has 0 amide bonds. The van der Waals surface area contributed by atoms with Crippen molar-refractivity contribution in [2.45, 2.75) is 6.92 Å². The first-order chi connectivity index (χ1) is 12.7. The van der Waals surface area contributed by atoms with Crippen LogP contribution in [0.5, 0.6) is 5.75 Å². The fourth-order valence-corrected chi connectivity index (χ4v) is 3.11. The number of hydrogen-bond donors (Lipinski definition) is 1. The Morgan fingerprint density at radius 2 is 2.04 bits per heavy atom. The normalized spacial score (nSPS) is 11.2. The molecule has 1 aromatic carbocycles. The van der Waals surface area contributed by atoms with E-state index < -0.39 is 6.67 Å². The zero-order chi connectivity index (χ0) is 18.1. The van der Waals surface area contributed by atoms with Crippen molar-refractivity contribution in [3.63, 3.8) is 0 Å². The Morgan fingerprint density at radius 1 is 1.15 bits per heavy atom. The second-order valence-electron chi connectivity index (χ2n) is 6.16. The molecule has 3 aromatic heterocycles. The van der Waals surface area contributed by atoms with Crippen LogP contribution in [0.15, 0.2) is 48.8 Å². The number of benzene rings is 1. The second-order valence-corrected chi connectivity index (χ2v) is 6.16. The van der Waals surface area contributed by atoms with E-state index in [0.29, 0.717) is 5.75 Å². The highest BCUT2D eigenvalue weighted by atomic mass is 19.1. The van der Waals surface area contributed by atoms with Crippen LogP contribution in [-0.4, -0.2) is 27.8 Å². The van der Waals surface area contributed by atoms with Crippen molar-refractivity contribution >= 4 is 33.4 Å². The summed E-state index contributed by atoms with van der Waals surface area (Å²) < 4.78 is 19.9. The van der Waals surface area contributed by atoms with E-state index in [0.717, 1.165) is 39.0 Å². The molecule has 0 unspecified atom stereocenters. The number of alkyl halides is 1. The van der Waals surface area contributed by atoms with Gasteiger partial charge in [0.25, 0.3) is 0 Å². The first-order valence-corrected chi connectivity index (χ1v) is 8.43. The number of anilines is 2. The van der Waals surface area contributed by atoms with Crippen molar-refractivity contribution in [1.82, 2.24) is 14.5 Å². The Morgan fingerprint density at radius 3 is 2.88 bits per heavy atom. The molecule has 0 spiro atoms. The lowest BCUT2D eigenvalue weighted by atomic mass is 10.2. The molecule has 132 valence electrons. The molecule has 5 nitrogen and oxygen atoms in total. The van der Waals surface area contributed by atoms with Gasteiger partial charge in [0.15, 0.2) is 0 Å². The average molecular weight is 350 g/mol. The van der Waals surface area contributed by atoms with Crippen molar-refractivity contribution in [1.29, 1.82) is 0 Å². The summed E-state index contributed by atoms with van der Waals surface area (Å²) in [5.74, 6) is 1.40. The van der Waals surface area contributed by atoms with Crippen LogP contribution in [0.4, 0.5) is 15.9 Å². The van der Waals surface area contributed by atoms with E-state index in [1.807, 2.05) is 56.6 Å². The summed E-state index contributed by atoms with van der Waals surface area (Å²) in [6.45, 7) is 1.48. The minimum Gasteiger partial charge on any atom is -0.491 e. The van der Waals surface area contributed by atoms with Crippen LogP contribution in [0.2, 0.25) is 0 Å². The number of ether oxygens (including phenoxy) is 1. The van der Waals surface area contributed by atoms with E-state index in [-0.39, 0.29) is 6.61 Å². The molecule has 4 rings (SSSR count). The van der Waals surface area contributed by atoms with Gasteiger partial charge in [-0.05, 0) is 36.8 Å². The number of halogens is 1. The highest BCUT2D eigenvalue weighted by Gasteiger charge is 2.10. The third kappa shape index (κ3) is 2.83. The van der Waals surface area contributed by atoms with Gasteiger partial charge in [0.1, 0.15) is 30.5 Å². The molecule has 3 heterocycles. The Bertz CT molecular complexity index is 1090. The standard InChI is InChI=1S/C20H19FN4O/c1-13-3-4-14(11-18(13)26-10-8-21)23-19-6-5-15-16-12-22-9-7-17(16)25(2)20(15)24-19/h3-7,9,11-12H,8,10H2,1-2H3,(H,23,24). The van der Waals surface area contributed by atoms with Crippen molar-refractivity contribution in [2.75, 3.05) is 18.6 Å². The van der Waals surface area contributed by atoms with E-state index in [4.69, 9.17) is 9.72 Å². The predicted octanol–water partition coefficient (Wildman–Crippen LogP) is 4.52. The third-order valence-corrected chi connectivity index (χ3v) is 4.44. The lowest BCUT2D eigenvalue weighted by Crippen LogP contribution is -2.01. The number of hydrogen-bond acceptors (Lipinski definition) is 4. The number of aromatic nitrogens is 3. The topological polar surface area (TPSA) is 52.0 Å². The highest BCUT2D eigenvalue weighted by molar-refractivity contribution is 6.06. The monoisotopic (exact) mass is 350 g/mol. The van der Waals surface area contributed by atoms with E-state index in [1.54, 1.807) is 6.20 Å². The van der Waals surface area contributed by atoms with Crippen molar-refractivity contribution < 1.29 is 9.13 Å². The van der Waals surface area contributed by atoms with Crippen molar-refractivity contribution in [3.8, 4) is 5.75 Å². The number of aryl methyl sites for hydroxylation is 2. The fourth-order valence-electron chi connectivity index (χ4n) is 3.11. The van der Waals surface area contributed by atoms with E-state index in [2.05, 4.69) is 14.9 Å².